The number of aliphatic carboxylic acids is 1. The summed E-state index contributed by atoms with van der Waals surface area (Å²) in [5, 5.41) is 8.79. The number of hydrogen-bond donors (Lipinski definition) is 1. The zero-order valence-corrected chi connectivity index (χ0v) is 7.17. The van der Waals surface area contributed by atoms with Gasteiger partial charge < -0.3 is 5.11 Å². The van der Waals surface area contributed by atoms with Crippen LogP contribution in [0.5, 0.6) is 0 Å². The van der Waals surface area contributed by atoms with Gasteiger partial charge in [-0.05, 0) is 25.2 Å². The van der Waals surface area contributed by atoms with Gasteiger partial charge in [0.1, 0.15) is 0 Å². The van der Waals surface area contributed by atoms with Crippen LogP contribution in [0.25, 0.3) is 0 Å². The molecule has 3 fully saturated rings. The molecule has 0 saturated heterocycles. The number of carboxylic acids is 1. The Hall–Kier alpha value is -0.670. The molecule has 1 N–H and O–H groups in total. The molecule has 2 nitrogen and oxygen atoms in total. The highest BCUT2D eigenvalue weighted by Crippen LogP contribution is 2.52. The molecule has 0 amide bonds. The van der Waals surface area contributed by atoms with Gasteiger partial charge in [-0.15, -0.1) is 0 Å². The van der Waals surface area contributed by atoms with Crippen LogP contribution in [0.3, 0.4) is 0 Å². The van der Waals surface area contributed by atoms with Crippen LogP contribution in [-0.2, 0) is 4.79 Å². The molecular formula is C9H12F2O2. The molecule has 3 aliphatic rings. The van der Waals surface area contributed by atoms with Crippen LogP contribution in [0.15, 0.2) is 0 Å². The maximum absolute atomic E-state index is 13.1. The summed E-state index contributed by atoms with van der Waals surface area (Å²) in [6.07, 6.45) is 1.13. The zero-order valence-electron chi connectivity index (χ0n) is 7.17. The fourth-order valence-electron chi connectivity index (χ4n) is 2.68. The molecule has 0 unspecified atom stereocenters. The molecule has 0 aliphatic heterocycles. The first kappa shape index (κ1) is 8.91. The molecule has 3 aliphatic carbocycles. The molecule has 74 valence electrons. The minimum atomic E-state index is -2.60. The van der Waals surface area contributed by atoms with E-state index in [1.165, 1.54) is 0 Å². The Kier molecular flexibility index (Phi) is 1.82. The predicted octanol–water partition coefficient (Wildman–Crippen LogP) is 2.14. The minimum absolute atomic E-state index is 0.174. The van der Waals surface area contributed by atoms with Crippen LogP contribution >= 0.6 is 0 Å². The summed E-state index contributed by atoms with van der Waals surface area (Å²) in [5.41, 5.74) is 0. The van der Waals surface area contributed by atoms with Crippen LogP contribution in [0, 0.1) is 17.8 Å². The number of halogens is 2. The third kappa shape index (κ3) is 1.32. The molecule has 3 rings (SSSR count). The average molecular weight is 190 g/mol. The third-order valence-corrected chi connectivity index (χ3v) is 3.44. The molecule has 3 atom stereocenters. The van der Waals surface area contributed by atoms with E-state index < -0.39 is 23.7 Å². The Bertz CT molecular complexity index is 240. The lowest BCUT2D eigenvalue weighted by molar-refractivity contribution is -0.171. The number of hydrogen-bond acceptors (Lipinski definition) is 1. The lowest BCUT2D eigenvalue weighted by atomic mass is 9.63. The summed E-state index contributed by atoms with van der Waals surface area (Å²) in [4.78, 5) is 10.7. The topological polar surface area (TPSA) is 37.3 Å². The van der Waals surface area contributed by atoms with E-state index in [-0.39, 0.29) is 18.8 Å². The van der Waals surface area contributed by atoms with Gasteiger partial charge >= 0.3 is 5.97 Å². The fraction of sp³-hybridized carbons (Fsp3) is 0.889. The number of rotatable bonds is 1. The molecule has 4 heteroatoms. The van der Waals surface area contributed by atoms with Gasteiger partial charge in [0, 0.05) is 12.3 Å². The second kappa shape index (κ2) is 2.66. The van der Waals surface area contributed by atoms with Gasteiger partial charge in [0.2, 0.25) is 0 Å². The highest BCUT2D eigenvalue weighted by molar-refractivity contribution is 5.70. The van der Waals surface area contributed by atoms with E-state index >= 15 is 0 Å². The first-order valence-corrected chi connectivity index (χ1v) is 4.61. The average Bonchev–Trinajstić information content (AvgIpc) is 2.02. The van der Waals surface area contributed by atoms with E-state index in [4.69, 9.17) is 5.11 Å². The summed E-state index contributed by atoms with van der Waals surface area (Å²) in [6, 6.07) is 0. The number of carbonyl (C=O) groups is 1. The second-order valence-electron chi connectivity index (χ2n) is 4.18. The molecule has 2 bridgehead atoms. The van der Waals surface area contributed by atoms with Gasteiger partial charge in [-0.2, -0.15) is 0 Å². The van der Waals surface area contributed by atoms with Crippen molar-refractivity contribution in [2.45, 2.75) is 31.6 Å². The highest BCUT2D eigenvalue weighted by Gasteiger charge is 2.54. The molecule has 0 aromatic rings. The summed E-state index contributed by atoms with van der Waals surface area (Å²) in [5.74, 6) is -4.99. The van der Waals surface area contributed by atoms with Crippen molar-refractivity contribution in [2.24, 2.45) is 17.8 Å². The van der Waals surface area contributed by atoms with Crippen molar-refractivity contribution in [3.8, 4) is 0 Å². The molecule has 13 heavy (non-hydrogen) atoms. The molecule has 0 radical (unpaired) electrons. The number of fused-ring (bicyclic) bond motifs is 3. The highest BCUT2D eigenvalue weighted by atomic mass is 19.3. The van der Waals surface area contributed by atoms with Crippen molar-refractivity contribution < 1.29 is 18.7 Å². The van der Waals surface area contributed by atoms with Crippen LogP contribution in [0.4, 0.5) is 8.78 Å². The van der Waals surface area contributed by atoms with Gasteiger partial charge in [-0.3, -0.25) is 4.79 Å². The summed E-state index contributed by atoms with van der Waals surface area (Å²) in [6.45, 7) is 0. The van der Waals surface area contributed by atoms with Gasteiger partial charge in [-0.1, -0.05) is 0 Å². The SMILES string of the molecule is O=C(O)[C@@H]1C[C@@H]2CC[C@H]1CC2(F)F. The Morgan fingerprint density at radius 2 is 2.08 bits per heavy atom. The maximum Gasteiger partial charge on any atom is 0.306 e. The summed E-state index contributed by atoms with van der Waals surface area (Å²) >= 11 is 0. The van der Waals surface area contributed by atoms with E-state index in [0.717, 1.165) is 0 Å². The van der Waals surface area contributed by atoms with Crippen molar-refractivity contribution in [1.82, 2.24) is 0 Å². The molecule has 0 heterocycles. The smallest absolute Gasteiger partial charge is 0.306 e. The lowest BCUT2D eigenvalue weighted by Crippen LogP contribution is -2.47. The summed E-state index contributed by atoms with van der Waals surface area (Å²) in [7, 11) is 0. The zero-order chi connectivity index (χ0) is 9.64. The van der Waals surface area contributed by atoms with Crippen LogP contribution in [0.1, 0.15) is 25.7 Å². The molecule has 0 aromatic carbocycles. The molecule has 0 spiro atoms. The fourth-order valence-corrected chi connectivity index (χ4v) is 2.68. The number of alkyl halides is 2. The minimum Gasteiger partial charge on any atom is -0.481 e. The van der Waals surface area contributed by atoms with Crippen LogP contribution in [-0.4, -0.2) is 17.0 Å². The van der Waals surface area contributed by atoms with E-state index in [1.54, 1.807) is 0 Å². The lowest BCUT2D eigenvalue weighted by Gasteiger charge is -2.45. The van der Waals surface area contributed by atoms with E-state index in [9.17, 15) is 13.6 Å². The van der Waals surface area contributed by atoms with E-state index in [0.29, 0.717) is 12.8 Å². The Morgan fingerprint density at radius 3 is 2.46 bits per heavy atom. The van der Waals surface area contributed by atoms with Crippen molar-refractivity contribution in [3.63, 3.8) is 0 Å². The van der Waals surface area contributed by atoms with E-state index in [2.05, 4.69) is 0 Å². The largest absolute Gasteiger partial charge is 0.481 e. The van der Waals surface area contributed by atoms with Crippen LogP contribution in [0.2, 0.25) is 0 Å². The maximum atomic E-state index is 13.1. The molecule has 0 aromatic heterocycles. The summed E-state index contributed by atoms with van der Waals surface area (Å²) < 4.78 is 26.3. The van der Waals surface area contributed by atoms with Gasteiger partial charge in [0.05, 0.1) is 5.92 Å². The van der Waals surface area contributed by atoms with E-state index in [1.807, 2.05) is 0 Å². The first-order valence-electron chi connectivity index (χ1n) is 4.61. The standard InChI is InChI=1S/C9H12F2O2/c10-9(11)4-5-1-2-6(9)3-7(5)8(12)13/h5-7H,1-4H2,(H,12,13)/t5-,6-,7+/m0/s1. The Balaban J connectivity index is 2.16. The van der Waals surface area contributed by atoms with Crippen molar-refractivity contribution in [3.05, 3.63) is 0 Å². The first-order chi connectivity index (χ1) is 6.00. The van der Waals surface area contributed by atoms with Gasteiger partial charge in [0.25, 0.3) is 5.92 Å². The van der Waals surface area contributed by atoms with Gasteiger partial charge in [-0.25, -0.2) is 8.78 Å². The molecular weight excluding hydrogens is 178 g/mol. The number of carboxylic acid groups (broad SMARTS) is 1. The van der Waals surface area contributed by atoms with Crippen LogP contribution < -0.4 is 0 Å². The molecule has 3 saturated carbocycles. The van der Waals surface area contributed by atoms with Gasteiger partial charge in [0.15, 0.2) is 0 Å². The normalized spacial score (nSPS) is 41.8. The quantitative estimate of drug-likeness (QED) is 0.687. The Labute approximate surface area is 74.9 Å². The van der Waals surface area contributed by atoms with Crippen molar-refractivity contribution in [1.29, 1.82) is 0 Å². The monoisotopic (exact) mass is 190 g/mol. The van der Waals surface area contributed by atoms with Crippen molar-refractivity contribution in [2.75, 3.05) is 0 Å². The van der Waals surface area contributed by atoms with Crippen molar-refractivity contribution >= 4 is 5.97 Å². The second-order valence-corrected chi connectivity index (χ2v) is 4.18. The third-order valence-electron chi connectivity index (χ3n) is 3.44. The predicted molar refractivity (Wildman–Crippen MR) is 41.5 cm³/mol. The Morgan fingerprint density at radius 1 is 1.38 bits per heavy atom.